The molecule has 31 heavy (non-hydrogen) atoms. The number of rotatable bonds is 6. The Morgan fingerprint density at radius 3 is 2.45 bits per heavy atom. The highest BCUT2D eigenvalue weighted by atomic mass is 32.2. The Morgan fingerprint density at radius 2 is 1.81 bits per heavy atom. The van der Waals surface area contributed by atoms with Crippen molar-refractivity contribution in [1.82, 2.24) is 19.3 Å². The first-order chi connectivity index (χ1) is 15.0. The second-order valence-corrected chi connectivity index (χ2v) is 9.52. The lowest BCUT2D eigenvalue weighted by molar-refractivity contribution is -0.136. The van der Waals surface area contributed by atoms with E-state index in [1.807, 2.05) is 0 Å². The molecule has 1 amide bonds. The summed E-state index contributed by atoms with van der Waals surface area (Å²) in [6.45, 7) is 2.86. The molecular weight excluding hydrogens is 424 g/mol. The number of carbonyl (C=O) groups is 1. The van der Waals surface area contributed by atoms with Crippen LogP contribution in [0.5, 0.6) is 0 Å². The van der Waals surface area contributed by atoms with Crippen LogP contribution in [0, 0.1) is 0 Å². The van der Waals surface area contributed by atoms with Crippen molar-refractivity contribution in [2.24, 2.45) is 0 Å². The summed E-state index contributed by atoms with van der Waals surface area (Å²) in [5.74, 6) is 1.04. The second kappa shape index (κ2) is 9.43. The van der Waals surface area contributed by atoms with E-state index < -0.39 is 10.0 Å². The summed E-state index contributed by atoms with van der Waals surface area (Å²) in [7, 11) is -2.03. The van der Waals surface area contributed by atoms with Gasteiger partial charge in [-0.15, -0.1) is 0 Å². The van der Waals surface area contributed by atoms with Gasteiger partial charge in [0.1, 0.15) is 6.61 Å². The molecule has 0 aliphatic carbocycles. The summed E-state index contributed by atoms with van der Waals surface area (Å²) in [5, 5.41) is 4.06. The highest BCUT2D eigenvalue weighted by Gasteiger charge is 2.28. The lowest BCUT2D eigenvalue weighted by Crippen LogP contribution is -2.40. The van der Waals surface area contributed by atoms with Crippen LogP contribution in [-0.2, 0) is 24.3 Å². The van der Waals surface area contributed by atoms with Crippen molar-refractivity contribution >= 4 is 15.9 Å². The molecule has 4 rings (SSSR count). The quantitative estimate of drug-likeness (QED) is 0.643. The summed E-state index contributed by atoms with van der Waals surface area (Å²) >= 11 is 0. The van der Waals surface area contributed by atoms with Gasteiger partial charge in [0.05, 0.1) is 18.1 Å². The van der Waals surface area contributed by atoms with E-state index in [4.69, 9.17) is 14.0 Å². The molecule has 0 saturated carbocycles. The molecule has 3 heterocycles. The number of ether oxygens (including phenoxy) is 2. The van der Waals surface area contributed by atoms with Gasteiger partial charge in [0.25, 0.3) is 0 Å². The van der Waals surface area contributed by atoms with Gasteiger partial charge in [-0.2, -0.15) is 9.29 Å². The largest absolute Gasteiger partial charge is 0.379 e. The Hall–Kier alpha value is -2.34. The fourth-order valence-corrected chi connectivity index (χ4v) is 5.23. The van der Waals surface area contributed by atoms with E-state index in [1.165, 1.54) is 11.4 Å². The molecule has 2 saturated heterocycles. The molecule has 1 aromatic heterocycles. The predicted molar refractivity (Wildman–Crippen MR) is 110 cm³/mol. The molecule has 0 atom stereocenters. The third-order valence-corrected chi connectivity index (χ3v) is 7.54. The summed E-state index contributed by atoms with van der Waals surface area (Å²) in [6, 6.07) is 6.51. The van der Waals surface area contributed by atoms with Crippen LogP contribution in [0.25, 0.3) is 11.4 Å². The zero-order chi connectivity index (χ0) is 21.8. The van der Waals surface area contributed by atoms with Crippen molar-refractivity contribution in [3.8, 4) is 11.4 Å². The molecule has 0 bridgehead atoms. The van der Waals surface area contributed by atoms with E-state index in [0.29, 0.717) is 56.7 Å². The Kier molecular flexibility index (Phi) is 6.65. The number of morpholine rings is 1. The number of carbonyl (C=O) groups excluding carboxylic acids is 1. The van der Waals surface area contributed by atoms with Gasteiger partial charge < -0.3 is 18.9 Å². The van der Waals surface area contributed by atoms with Crippen LogP contribution in [0.3, 0.4) is 0 Å². The molecule has 2 aromatic rings. The molecule has 1 aromatic carbocycles. The maximum absolute atomic E-state index is 12.7. The summed E-state index contributed by atoms with van der Waals surface area (Å²) in [6.07, 6.45) is 1.49. The van der Waals surface area contributed by atoms with Crippen LogP contribution in [0.4, 0.5) is 0 Å². The minimum atomic E-state index is -3.54. The number of methoxy groups -OCH3 is 1. The first-order valence-corrected chi connectivity index (χ1v) is 11.7. The molecular formula is C20H26N4O6S. The molecule has 0 N–H and O–H groups in total. The number of benzene rings is 1. The summed E-state index contributed by atoms with van der Waals surface area (Å²) < 4.78 is 42.5. The predicted octanol–water partition coefficient (Wildman–Crippen LogP) is 1.11. The first kappa shape index (κ1) is 21.9. The molecule has 2 aliphatic heterocycles. The highest BCUT2D eigenvalue weighted by Crippen LogP contribution is 2.29. The van der Waals surface area contributed by atoms with Gasteiger partial charge in [-0.3, -0.25) is 4.79 Å². The SMILES string of the molecule is COCC(=O)N1CCC(c2nc(-c3ccc(S(=O)(=O)N4CCOCC4)cc3)no2)CC1. The van der Waals surface area contributed by atoms with E-state index in [9.17, 15) is 13.2 Å². The highest BCUT2D eigenvalue weighted by molar-refractivity contribution is 7.89. The average Bonchev–Trinajstić information content (AvgIpc) is 3.30. The van der Waals surface area contributed by atoms with Gasteiger partial charge in [-0.25, -0.2) is 8.42 Å². The number of sulfonamides is 1. The lowest BCUT2D eigenvalue weighted by atomic mass is 9.97. The average molecular weight is 451 g/mol. The number of aromatic nitrogens is 2. The van der Waals surface area contributed by atoms with Crippen molar-refractivity contribution < 1.29 is 27.2 Å². The monoisotopic (exact) mass is 450 g/mol. The minimum absolute atomic E-state index is 0.0145. The lowest BCUT2D eigenvalue weighted by Gasteiger charge is -2.30. The maximum Gasteiger partial charge on any atom is 0.248 e. The molecule has 10 nitrogen and oxygen atoms in total. The van der Waals surface area contributed by atoms with Gasteiger partial charge in [0, 0.05) is 44.8 Å². The van der Waals surface area contributed by atoms with Gasteiger partial charge in [-0.05, 0) is 37.1 Å². The summed E-state index contributed by atoms with van der Waals surface area (Å²) in [5.41, 5.74) is 0.684. The zero-order valence-corrected chi connectivity index (χ0v) is 18.2. The van der Waals surface area contributed by atoms with Crippen molar-refractivity contribution in [2.45, 2.75) is 23.7 Å². The smallest absolute Gasteiger partial charge is 0.248 e. The number of hydrogen-bond acceptors (Lipinski definition) is 8. The molecule has 168 valence electrons. The van der Waals surface area contributed by atoms with Crippen LogP contribution in [-0.4, -0.2) is 86.8 Å². The van der Waals surface area contributed by atoms with Crippen molar-refractivity contribution in [3.63, 3.8) is 0 Å². The Morgan fingerprint density at radius 1 is 1.13 bits per heavy atom. The van der Waals surface area contributed by atoms with Gasteiger partial charge in [-0.1, -0.05) is 5.16 Å². The topological polar surface area (TPSA) is 115 Å². The molecule has 2 aliphatic rings. The van der Waals surface area contributed by atoms with Crippen molar-refractivity contribution in [2.75, 3.05) is 53.1 Å². The number of likely N-dealkylation sites (tertiary alicyclic amines) is 1. The van der Waals surface area contributed by atoms with E-state index in [-0.39, 0.29) is 23.3 Å². The third kappa shape index (κ3) is 4.79. The van der Waals surface area contributed by atoms with Crippen LogP contribution in [0.1, 0.15) is 24.7 Å². The molecule has 0 unspecified atom stereocenters. The molecule has 0 spiro atoms. The third-order valence-electron chi connectivity index (χ3n) is 5.63. The maximum atomic E-state index is 12.7. The van der Waals surface area contributed by atoms with E-state index in [0.717, 1.165) is 12.8 Å². The fraction of sp³-hybridized carbons (Fsp3) is 0.550. The van der Waals surface area contributed by atoms with Crippen LogP contribution < -0.4 is 0 Å². The fourth-order valence-electron chi connectivity index (χ4n) is 3.82. The van der Waals surface area contributed by atoms with Crippen LogP contribution >= 0.6 is 0 Å². The van der Waals surface area contributed by atoms with Crippen LogP contribution in [0.15, 0.2) is 33.7 Å². The number of nitrogens with zero attached hydrogens (tertiary/aromatic N) is 4. The van der Waals surface area contributed by atoms with Gasteiger partial charge in [0.2, 0.25) is 27.6 Å². The normalized spacial score (nSPS) is 18.9. The van der Waals surface area contributed by atoms with Crippen molar-refractivity contribution in [3.05, 3.63) is 30.2 Å². The van der Waals surface area contributed by atoms with E-state index >= 15 is 0 Å². The molecule has 2 fully saturated rings. The van der Waals surface area contributed by atoms with Gasteiger partial charge >= 0.3 is 0 Å². The van der Waals surface area contributed by atoms with Gasteiger partial charge in [0.15, 0.2) is 0 Å². The standard InChI is InChI=1S/C20H26N4O6S/c1-28-14-18(25)23-8-6-16(7-9-23)20-21-19(22-30-20)15-2-4-17(5-3-15)31(26,27)24-10-12-29-13-11-24/h2-5,16H,6-14H2,1H3. The first-order valence-electron chi connectivity index (χ1n) is 10.3. The second-order valence-electron chi connectivity index (χ2n) is 7.59. The minimum Gasteiger partial charge on any atom is -0.379 e. The Bertz CT molecular complexity index is 993. The van der Waals surface area contributed by atoms with Crippen LogP contribution in [0.2, 0.25) is 0 Å². The molecule has 0 radical (unpaired) electrons. The Labute approximate surface area is 181 Å². The van der Waals surface area contributed by atoms with E-state index in [2.05, 4.69) is 10.1 Å². The Balaban J connectivity index is 1.41. The number of hydrogen-bond donors (Lipinski definition) is 0. The number of piperidine rings is 1. The summed E-state index contributed by atoms with van der Waals surface area (Å²) in [4.78, 5) is 18.5. The van der Waals surface area contributed by atoms with E-state index in [1.54, 1.807) is 29.2 Å². The molecule has 11 heteroatoms. The zero-order valence-electron chi connectivity index (χ0n) is 17.4. The number of amides is 1. The van der Waals surface area contributed by atoms with Crippen molar-refractivity contribution in [1.29, 1.82) is 0 Å².